The fourth-order valence-electron chi connectivity index (χ4n) is 3.13. The van der Waals surface area contributed by atoms with Crippen LogP contribution in [0.5, 0.6) is 5.75 Å². The maximum absolute atomic E-state index is 12.6. The molecule has 122 valence electrons. The molecule has 1 fully saturated rings. The minimum atomic E-state index is 0.294. The molecule has 1 amide bonds. The number of aryl methyl sites for hydroxylation is 1. The molecule has 4 nitrogen and oxygen atoms in total. The van der Waals surface area contributed by atoms with Crippen molar-refractivity contribution < 1.29 is 9.53 Å². The van der Waals surface area contributed by atoms with Gasteiger partial charge in [0.05, 0.1) is 7.11 Å². The third-order valence-corrected chi connectivity index (χ3v) is 4.31. The van der Waals surface area contributed by atoms with Crippen molar-refractivity contribution in [2.24, 2.45) is 0 Å². The Morgan fingerprint density at radius 1 is 1.27 bits per heavy atom. The fourth-order valence-corrected chi connectivity index (χ4v) is 3.13. The topological polar surface area (TPSA) is 32.8 Å². The van der Waals surface area contributed by atoms with Gasteiger partial charge < -0.3 is 14.5 Å². The predicted octanol–water partition coefficient (Wildman–Crippen LogP) is 2.57. The molecule has 1 aliphatic heterocycles. The normalized spacial score (nSPS) is 18.5. The minimum absolute atomic E-state index is 0.294. The summed E-state index contributed by atoms with van der Waals surface area (Å²) in [5.74, 6) is 1.15. The zero-order chi connectivity index (χ0) is 15.9. The number of piperidine rings is 1. The third kappa shape index (κ3) is 4.73. The van der Waals surface area contributed by atoms with Crippen LogP contribution in [0.1, 0.15) is 31.2 Å². The SMILES string of the molecule is COc1ccc(CCC(=O)N2CCCCC2CN(C)C)cc1. The first-order valence-electron chi connectivity index (χ1n) is 8.17. The Morgan fingerprint density at radius 2 is 2.00 bits per heavy atom. The van der Waals surface area contributed by atoms with Gasteiger partial charge in [-0.05, 0) is 57.5 Å². The molecule has 1 atom stereocenters. The molecule has 0 aliphatic carbocycles. The number of hydrogen-bond acceptors (Lipinski definition) is 3. The molecular formula is C18H28N2O2. The van der Waals surface area contributed by atoms with Crippen LogP contribution in [0.4, 0.5) is 0 Å². The molecule has 0 spiro atoms. The van der Waals surface area contributed by atoms with Crippen molar-refractivity contribution in [2.45, 2.75) is 38.1 Å². The highest BCUT2D eigenvalue weighted by atomic mass is 16.5. The number of ether oxygens (including phenoxy) is 1. The third-order valence-electron chi connectivity index (χ3n) is 4.31. The van der Waals surface area contributed by atoms with Gasteiger partial charge in [-0.2, -0.15) is 0 Å². The van der Waals surface area contributed by atoms with Crippen LogP contribution in [0.15, 0.2) is 24.3 Å². The average molecular weight is 304 g/mol. The summed E-state index contributed by atoms with van der Waals surface area (Å²) < 4.78 is 5.16. The van der Waals surface area contributed by atoms with E-state index in [1.165, 1.54) is 12.0 Å². The van der Waals surface area contributed by atoms with Crippen LogP contribution in [-0.2, 0) is 11.2 Å². The van der Waals surface area contributed by atoms with Crippen LogP contribution in [-0.4, -0.2) is 56.0 Å². The monoisotopic (exact) mass is 304 g/mol. The number of amides is 1. The molecule has 1 aromatic rings. The summed E-state index contributed by atoms with van der Waals surface area (Å²) in [4.78, 5) is 16.9. The first-order chi connectivity index (χ1) is 10.6. The first-order valence-corrected chi connectivity index (χ1v) is 8.17. The van der Waals surface area contributed by atoms with Gasteiger partial charge in [-0.1, -0.05) is 12.1 Å². The number of methoxy groups -OCH3 is 1. The zero-order valence-electron chi connectivity index (χ0n) is 14.0. The number of carbonyl (C=O) groups excluding carboxylic acids is 1. The molecule has 0 aromatic heterocycles. The largest absolute Gasteiger partial charge is 0.497 e. The first kappa shape index (κ1) is 16.8. The number of likely N-dealkylation sites (N-methyl/N-ethyl adjacent to an activating group) is 1. The van der Waals surface area contributed by atoms with Crippen molar-refractivity contribution in [2.75, 3.05) is 34.3 Å². The standard InChI is InChI=1S/C18H28N2O2/c1-19(2)14-16-6-4-5-13-20(16)18(21)12-9-15-7-10-17(22-3)11-8-15/h7-8,10-11,16H,4-6,9,12-14H2,1-3H3. The lowest BCUT2D eigenvalue weighted by molar-refractivity contribution is -0.135. The molecule has 1 saturated heterocycles. The van der Waals surface area contributed by atoms with Gasteiger partial charge in [0, 0.05) is 25.6 Å². The zero-order valence-corrected chi connectivity index (χ0v) is 14.0. The van der Waals surface area contributed by atoms with E-state index in [1.807, 2.05) is 24.3 Å². The van der Waals surface area contributed by atoms with Gasteiger partial charge in [0.15, 0.2) is 0 Å². The second-order valence-corrected chi connectivity index (χ2v) is 6.35. The van der Waals surface area contributed by atoms with Crippen LogP contribution in [0, 0.1) is 0 Å². The van der Waals surface area contributed by atoms with Crippen molar-refractivity contribution in [3.05, 3.63) is 29.8 Å². The molecule has 22 heavy (non-hydrogen) atoms. The number of carbonyl (C=O) groups is 1. The van der Waals surface area contributed by atoms with Gasteiger partial charge in [-0.3, -0.25) is 4.79 Å². The molecule has 2 rings (SSSR count). The Hall–Kier alpha value is -1.55. The van der Waals surface area contributed by atoms with E-state index >= 15 is 0 Å². The summed E-state index contributed by atoms with van der Waals surface area (Å²) in [6, 6.07) is 8.37. The van der Waals surface area contributed by atoms with Crippen LogP contribution < -0.4 is 4.74 Å². The average Bonchev–Trinajstić information content (AvgIpc) is 2.53. The Balaban J connectivity index is 1.88. The van der Waals surface area contributed by atoms with E-state index < -0.39 is 0 Å². The highest BCUT2D eigenvalue weighted by Crippen LogP contribution is 2.19. The second kappa shape index (κ2) is 8.18. The summed E-state index contributed by atoms with van der Waals surface area (Å²) in [6.07, 6.45) is 4.90. The number of likely N-dealkylation sites (tertiary alicyclic amines) is 1. The highest BCUT2D eigenvalue weighted by molar-refractivity contribution is 5.77. The lowest BCUT2D eigenvalue weighted by Crippen LogP contribution is -2.48. The van der Waals surface area contributed by atoms with E-state index in [0.29, 0.717) is 18.4 Å². The van der Waals surface area contributed by atoms with Gasteiger partial charge in [0.1, 0.15) is 5.75 Å². The molecule has 0 saturated carbocycles. The predicted molar refractivity (Wildman–Crippen MR) is 89.2 cm³/mol. The summed E-state index contributed by atoms with van der Waals surface area (Å²) in [6.45, 7) is 1.88. The van der Waals surface area contributed by atoms with E-state index in [9.17, 15) is 4.79 Å². The summed E-state index contributed by atoms with van der Waals surface area (Å²) >= 11 is 0. The molecule has 1 aliphatic rings. The summed E-state index contributed by atoms with van der Waals surface area (Å²) in [5, 5.41) is 0. The molecule has 4 heteroatoms. The Kier molecular flexibility index (Phi) is 6.25. The van der Waals surface area contributed by atoms with Crippen LogP contribution in [0.2, 0.25) is 0 Å². The fraction of sp³-hybridized carbons (Fsp3) is 0.611. The Bertz CT molecular complexity index is 470. The van der Waals surface area contributed by atoms with Crippen molar-refractivity contribution in [1.82, 2.24) is 9.80 Å². The quantitative estimate of drug-likeness (QED) is 0.810. The summed E-state index contributed by atoms with van der Waals surface area (Å²) in [5.41, 5.74) is 1.19. The van der Waals surface area contributed by atoms with E-state index in [2.05, 4.69) is 23.9 Å². The number of benzene rings is 1. The molecule has 0 radical (unpaired) electrons. The van der Waals surface area contributed by atoms with Crippen molar-refractivity contribution in [3.63, 3.8) is 0 Å². The Labute approximate surface area is 134 Å². The molecule has 0 N–H and O–H groups in total. The lowest BCUT2D eigenvalue weighted by Gasteiger charge is -2.37. The van der Waals surface area contributed by atoms with E-state index in [0.717, 1.165) is 38.1 Å². The molecule has 0 bridgehead atoms. The maximum Gasteiger partial charge on any atom is 0.223 e. The Morgan fingerprint density at radius 3 is 2.64 bits per heavy atom. The van der Waals surface area contributed by atoms with Crippen molar-refractivity contribution in [1.29, 1.82) is 0 Å². The van der Waals surface area contributed by atoms with Crippen molar-refractivity contribution >= 4 is 5.91 Å². The second-order valence-electron chi connectivity index (χ2n) is 6.35. The maximum atomic E-state index is 12.6. The summed E-state index contributed by atoms with van der Waals surface area (Å²) in [7, 11) is 5.82. The van der Waals surface area contributed by atoms with E-state index in [-0.39, 0.29) is 0 Å². The van der Waals surface area contributed by atoms with Gasteiger partial charge in [0.25, 0.3) is 0 Å². The van der Waals surface area contributed by atoms with E-state index in [1.54, 1.807) is 7.11 Å². The van der Waals surface area contributed by atoms with E-state index in [4.69, 9.17) is 4.74 Å². The van der Waals surface area contributed by atoms with Crippen LogP contribution in [0.25, 0.3) is 0 Å². The minimum Gasteiger partial charge on any atom is -0.497 e. The smallest absolute Gasteiger partial charge is 0.223 e. The number of rotatable bonds is 6. The van der Waals surface area contributed by atoms with Crippen LogP contribution in [0.3, 0.4) is 0 Å². The van der Waals surface area contributed by atoms with Gasteiger partial charge in [-0.25, -0.2) is 0 Å². The van der Waals surface area contributed by atoms with Crippen LogP contribution >= 0.6 is 0 Å². The highest BCUT2D eigenvalue weighted by Gasteiger charge is 2.26. The molecule has 1 aromatic carbocycles. The molecular weight excluding hydrogens is 276 g/mol. The molecule has 1 heterocycles. The van der Waals surface area contributed by atoms with Gasteiger partial charge in [0.2, 0.25) is 5.91 Å². The van der Waals surface area contributed by atoms with Gasteiger partial charge >= 0.3 is 0 Å². The van der Waals surface area contributed by atoms with Crippen molar-refractivity contribution in [3.8, 4) is 5.75 Å². The number of hydrogen-bond donors (Lipinski definition) is 0. The lowest BCUT2D eigenvalue weighted by atomic mass is 10.0. The molecule has 1 unspecified atom stereocenters. The number of nitrogens with zero attached hydrogens (tertiary/aromatic N) is 2. The van der Waals surface area contributed by atoms with Gasteiger partial charge in [-0.15, -0.1) is 0 Å².